The molecule has 1 heterocycles. The Labute approximate surface area is 144 Å². The Kier molecular flexibility index (Phi) is 6.73. The van der Waals surface area contributed by atoms with Crippen molar-refractivity contribution < 1.29 is 4.79 Å². The van der Waals surface area contributed by atoms with Crippen molar-refractivity contribution in [3.05, 3.63) is 50.9 Å². The Morgan fingerprint density at radius 3 is 2.77 bits per heavy atom. The van der Waals surface area contributed by atoms with Crippen LogP contribution in [0.2, 0.25) is 5.02 Å². The standard InChI is InChI=1S/C16H19ClN2OS2/c1-11(13-3-5-14(17)6-4-13)18-16(20)7-8-21-9-15-10-22-12(2)19-15/h3-6,10-11H,7-9H2,1-2H3,(H,18,20)/t11-/m0/s1. The minimum Gasteiger partial charge on any atom is -0.350 e. The second kappa shape index (κ2) is 8.56. The third-order valence-corrected chi connectivity index (χ3v) is 5.20. The lowest BCUT2D eigenvalue weighted by atomic mass is 10.1. The van der Waals surface area contributed by atoms with E-state index in [1.807, 2.05) is 38.1 Å². The van der Waals surface area contributed by atoms with Gasteiger partial charge in [0.05, 0.1) is 16.7 Å². The molecule has 6 heteroatoms. The van der Waals surface area contributed by atoms with Crippen LogP contribution >= 0.6 is 34.7 Å². The van der Waals surface area contributed by atoms with E-state index in [4.69, 9.17) is 11.6 Å². The summed E-state index contributed by atoms with van der Waals surface area (Å²) >= 11 is 9.27. The number of benzene rings is 1. The van der Waals surface area contributed by atoms with E-state index in [2.05, 4.69) is 15.7 Å². The molecule has 0 radical (unpaired) electrons. The molecule has 0 unspecified atom stereocenters. The molecule has 0 aliphatic rings. The van der Waals surface area contributed by atoms with E-state index in [0.717, 1.165) is 27.8 Å². The Bertz CT molecular complexity index is 613. The van der Waals surface area contributed by atoms with Gasteiger partial charge in [-0.1, -0.05) is 23.7 Å². The van der Waals surface area contributed by atoms with Gasteiger partial charge in [0.2, 0.25) is 5.91 Å². The molecule has 0 saturated carbocycles. The van der Waals surface area contributed by atoms with Crippen molar-refractivity contribution in [2.75, 3.05) is 5.75 Å². The van der Waals surface area contributed by atoms with Crippen molar-refractivity contribution in [3.63, 3.8) is 0 Å². The van der Waals surface area contributed by atoms with Crippen LogP contribution in [0, 0.1) is 6.92 Å². The lowest BCUT2D eigenvalue weighted by molar-refractivity contribution is -0.121. The highest BCUT2D eigenvalue weighted by Crippen LogP contribution is 2.17. The molecule has 1 N–H and O–H groups in total. The van der Waals surface area contributed by atoms with Crippen LogP contribution in [0.3, 0.4) is 0 Å². The Morgan fingerprint density at radius 1 is 1.41 bits per heavy atom. The molecule has 2 rings (SSSR count). The molecule has 1 atom stereocenters. The lowest BCUT2D eigenvalue weighted by Crippen LogP contribution is -2.26. The molecule has 1 aromatic carbocycles. The first-order valence-corrected chi connectivity index (χ1v) is 9.49. The van der Waals surface area contributed by atoms with Gasteiger partial charge in [0.15, 0.2) is 0 Å². The van der Waals surface area contributed by atoms with Gasteiger partial charge in [-0.25, -0.2) is 4.98 Å². The monoisotopic (exact) mass is 354 g/mol. The second-order valence-electron chi connectivity index (χ2n) is 5.00. The van der Waals surface area contributed by atoms with E-state index in [1.54, 1.807) is 23.1 Å². The van der Waals surface area contributed by atoms with Crippen molar-refractivity contribution in [1.82, 2.24) is 10.3 Å². The summed E-state index contributed by atoms with van der Waals surface area (Å²) in [5, 5.41) is 6.88. The number of aryl methyl sites for hydroxylation is 1. The molecule has 0 spiro atoms. The number of hydrogen-bond acceptors (Lipinski definition) is 4. The minimum atomic E-state index is -0.00374. The number of halogens is 1. The number of aromatic nitrogens is 1. The van der Waals surface area contributed by atoms with Gasteiger partial charge < -0.3 is 5.32 Å². The van der Waals surface area contributed by atoms with Gasteiger partial charge in [0.1, 0.15) is 0 Å². The zero-order chi connectivity index (χ0) is 15.9. The molecule has 0 aliphatic carbocycles. The van der Waals surface area contributed by atoms with E-state index in [0.29, 0.717) is 11.4 Å². The van der Waals surface area contributed by atoms with Crippen LogP contribution in [0.1, 0.15) is 35.7 Å². The molecule has 2 aromatic rings. The van der Waals surface area contributed by atoms with Crippen LogP contribution in [-0.4, -0.2) is 16.6 Å². The molecule has 0 saturated heterocycles. The van der Waals surface area contributed by atoms with Crippen molar-refractivity contribution >= 4 is 40.6 Å². The number of nitrogens with one attached hydrogen (secondary N) is 1. The summed E-state index contributed by atoms with van der Waals surface area (Å²) in [6.45, 7) is 3.98. The molecular weight excluding hydrogens is 336 g/mol. The van der Waals surface area contributed by atoms with Crippen LogP contribution in [0.15, 0.2) is 29.6 Å². The van der Waals surface area contributed by atoms with Crippen molar-refractivity contribution in [2.45, 2.75) is 32.1 Å². The smallest absolute Gasteiger partial charge is 0.221 e. The molecule has 1 amide bonds. The Hall–Kier alpha value is -1.04. The molecule has 118 valence electrons. The van der Waals surface area contributed by atoms with Gasteiger partial charge >= 0.3 is 0 Å². The third kappa shape index (κ3) is 5.63. The van der Waals surface area contributed by atoms with E-state index < -0.39 is 0 Å². The van der Waals surface area contributed by atoms with Crippen LogP contribution < -0.4 is 5.32 Å². The maximum absolute atomic E-state index is 11.9. The maximum atomic E-state index is 11.9. The number of thioether (sulfide) groups is 1. The fraction of sp³-hybridized carbons (Fsp3) is 0.375. The highest BCUT2D eigenvalue weighted by molar-refractivity contribution is 7.98. The van der Waals surface area contributed by atoms with Crippen molar-refractivity contribution in [1.29, 1.82) is 0 Å². The fourth-order valence-corrected chi connectivity index (χ4v) is 3.64. The summed E-state index contributed by atoms with van der Waals surface area (Å²) in [5.41, 5.74) is 2.16. The predicted octanol–water partition coefficient (Wildman–Crippen LogP) is 4.61. The molecular formula is C16H19ClN2OS2. The van der Waals surface area contributed by atoms with Gasteiger partial charge in [-0.3, -0.25) is 4.79 Å². The minimum absolute atomic E-state index is 0.00374. The lowest BCUT2D eigenvalue weighted by Gasteiger charge is -2.14. The predicted molar refractivity (Wildman–Crippen MR) is 95.6 cm³/mol. The van der Waals surface area contributed by atoms with Crippen LogP contribution in [0.5, 0.6) is 0 Å². The van der Waals surface area contributed by atoms with Gasteiger partial charge in [0, 0.05) is 28.3 Å². The topological polar surface area (TPSA) is 42.0 Å². The second-order valence-corrected chi connectivity index (χ2v) is 7.61. The Morgan fingerprint density at radius 2 is 2.14 bits per heavy atom. The third-order valence-electron chi connectivity index (χ3n) is 3.14. The zero-order valence-corrected chi connectivity index (χ0v) is 15.0. The van der Waals surface area contributed by atoms with Crippen LogP contribution in [-0.2, 0) is 10.5 Å². The van der Waals surface area contributed by atoms with E-state index in [9.17, 15) is 4.79 Å². The zero-order valence-electron chi connectivity index (χ0n) is 12.6. The van der Waals surface area contributed by atoms with Crippen LogP contribution in [0.25, 0.3) is 0 Å². The molecule has 1 aromatic heterocycles. The number of carbonyl (C=O) groups is 1. The normalized spacial score (nSPS) is 12.1. The summed E-state index contributed by atoms with van der Waals surface area (Å²) in [4.78, 5) is 16.4. The molecule has 0 bridgehead atoms. The summed E-state index contributed by atoms with van der Waals surface area (Å²) in [6.07, 6.45) is 0.520. The summed E-state index contributed by atoms with van der Waals surface area (Å²) in [5.74, 6) is 1.74. The van der Waals surface area contributed by atoms with E-state index in [1.165, 1.54) is 0 Å². The molecule has 0 fully saturated rings. The quantitative estimate of drug-likeness (QED) is 0.738. The molecule has 3 nitrogen and oxygen atoms in total. The van der Waals surface area contributed by atoms with E-state index in [-0.39, 0.29) is 11.9 Å². The van der Waals surface area contributed by atoms with Gasteiger partial charge in [-0.15, -0.1) is 11.3 Å². The highest BCUT2D eigenvalue weighted by Gasteiger charge is 2.09. The SMILES string of the molecule is Cc1nc(CSCCC(=O)N[C@@H](C)c2ccc(Cl)cc2)cs1. The van der Waals surface area contributed by atoms with E-state index >= 15 is 0 Å². The number of thiazole rings is 1. The summed E-state index contributed by atoms with van der Waals surface area (Å²) < 4.78 is 0. The fourth-order valence-electron chi connectivity index (χ4n) is 1.96. The average Bonchev–Trinajstić information content (AvgIpc) is 2.90. The van der Waals surface area contributed by atoms with Gasteiger partial charge in [-0.2, -0.15) is 11.8 Å². The van der Waals surface area contributed by atoms with Crippen molar-refractivity contribution in [3.8, 4) is 0 Å². The first-order chi connectivity index (χ1) is 10.5. The van der Waals surface area contributed by atoms with Gasteiger partial charge in [0.25, 0.3) is 0 Å². The first kappa shape index (κ1) is 17.3. The van der Waals surface area contributed by atoms with Crippen LogP contribution in [0.4, 0.5) is 0 Å². The number of amides is 1. The molecule has 0 aliphatic heterocycles. The summed E-state index contributed by atoms with van der Waals surface area (Å²) in [7, 11) is 0. The number of hydrogen-bond donors (Lipinski definition) is 1. The highest BCUT2D eigenvalue weighted by atomic mass is 35.5. The largest absolute Gasteiger partial charge is 0.350 e. The Balaban J connectivity index is 1.68. The summed E-state index contributed by atoms with van der Waals surface area (Å²) in [6, 6.07) is 7.55. The maximum Gasteiger partial charge on any atom is 0.221 e. The number of carbonyl (C=O) groups excluding carboxylic acids is 1. The molecule has 22 heavy (non-hydrogen) atoms. The number of rotatable bonds is 7. The van der Waals surface area contributed by atoms with Crippen molar-refractivity contribution in [2.24, 2.45) is 0 Å². The first-order valence-electron chi connectivity index (χ1n) is 7.08. The van der Waals surface area contributed by atoms with Gasteiger partial charge in [-0.05, 0) is 31.5 Å². The average molecular weight is 355 g/mol. The number of nitrogens with zero attached hydrogens (tertiary/aromatic N) is 1.